The van der Waals surface area contributed by atoms with Crippen LogP contribution in [0.3, 0.4) is 0 Å². The van der Waals surface area contributed by atoms with E-state index in [9.17, 15) is 0 Å². The van der Waals surface area contributed by atoms with Crippen molar-refractivity contribution in [3.8, 4) is 0 Å². The molecule has 0 aliphatic rings. The smallest absolute Gasteiger partial charge is 0.220 e. The van der Waals surface area contributed by atoms with E-state index in [1.165, 1.54) is 0 Å². The lowest BCUT2D eigenvalue weighted by Gasteiger charge is -1.93. The lowest BCUT2D eigenvalue weighted by molar-refractivity contribution is 0.608. The number of rotatable bonds is 2. The minimum atomic E-state index is 0.297. The Morgan fingerprint density at radius 1 is 1.54 bits per heavy atom. The molecule has 2 N–H and O–H groups in total. The standard InChI is InChI=1S/C9H11N3O/c1-2-3-6-5-13-7-4-11-9(10)12-8(6)7/h4-5H,2-3H2,1H3,(H2,10,11,12). The molecular formula is C9H11N3O. The van der Waals surface area contributed by atoms with Crippen LogP contribution in [0.2, 0.25) is 0 Å². The van der Waals surface area contributed by atoms with Crippen LogP contribution < -0.4 is 5.73 Å². The first-order valence-corrected chi connectivity index (χ1v) is 4.30. The van der Waals surface area contributed by atoms with Crippen molar-refractivity contribution in [2.45, 2.75) is 19.8 Å². The molecular weight excluding hydrogens is 166 g/mol. The molecule has 13 heavy (non-hydrogen) atoms. The van der Waals surface area contributed by atoms with Gasteiger partial charge < -0.3 is 10.2 Å². The number of fused-ring (bicyclic) bond motifs is 1. The van der Waals surface area contributed by atoms with Gasteiger partial charge in [0, 0.05) is 5.56 Å². The maximum Gasteiger partial charge on any atom is 0.220 e. The van der Waals surface area contributed by atoms with Gasteiger partial charge in [0.05, 0.1) is 12.5 Å². The van der Waals surface area contributed by atoms with Gasteiger partial charge in [-0.2, -0.15) is 0 Å². The zero-order chi connectivity index (χ0) is 9.26. The number of furan rings is 1. The third kappa shape index (κ3) is 1.35. The van der Waals surface area contributed by atoms with Crippen LogP contribution in [0.5, 0.6) is 0 Å². The van der Waals surface area contributed by atoms with Gasteiger partial charge in [0.25, 0.3) is 0 Å². The van der Waals surface area contributed by atoms with Gasteiger partial charge in [-0.1, -0.05) is 13.3 Å². The maximum absolute atomic E-state index is 5.48. The lowest BCUT2D eigenvalue weighted by atomic mass is 10.2. The molecule has 0 saturated heterocycles. The van der Waals surface area contributed by atoms with Gasteiger partial charge in [-0.25, -0.2) is 9.97 Å². The molecule has 0 radical (unpaired) electrons. The van der Waals surface area contributed by atoms with Crippen LogP contribution in [-0.2, 0) is 6.42 Å². The van der Waals surface area contributed by atoms with Crippen molar-refractivity contribution in [2.24, 2.45) is 0 Å². The average Bonchev–Trinajstić information content (AvgIpc) is 2.49. The van der Waals surface area contributed by atoms with Crippen molar-refractivity contribution in [3.05, 3.63) is 18.0 Å². The van der Waals surface area contributed by atoms with E-state index in [0.29, 0.717) is 11.5 Å². The Morgan fingerprint density at radius 2 is 2.38 bits per heavy atom. The second-order valence-corrected chi connectivity index (χ2v) is 2.95. The second kappa shape index (κ2) is 3.05. The summed E-state index contributed by atoms with van der Waals surface area (Å²) < 4.78 is 5.28. The van der Waals surface area contributed by atoms with Gasteiger partial charge in [0.2, 0.25) is 5.95 Å². The van der Waals surface area contributed by atoms with Crippen molar-refractivity contribution >= 4 is 17.0 Å². The molecule has 4 heteroatoms. The lowest BCUT2D eigenvalue weighted by Crippen LogP contribution is -1.94. The quantitative estimate of drug-likeness (QED) is 0.759. The third-order valence-electron chi connectivity index (χ3n) is 1.93. The summed E-state index contributed by atoms with van der Waals surface area (Å²) in [5.41, 5.74) is 8.14. The van der Waals surface area contributed by atoms with Crippen LogP contribution in [0.15, 0.2) is 16.9 Å². The zero-order valence-electron chi connectivity index (χ0n) is 7.45. The highest BCUT2D eigenvalue weighted by molar-refractivity contribution is 5.76. The molecule has 0 bridgehead atoms. The van der Waals surface area contributed by atoms with Crippen LogP contribution in [0.25, 0.3) is 11.1 Å². The van der Waals surface area contributed by atoms with Crippen LogP contribution in [-0.4, -0.2) is 9.97 Å². The molecule has 68 valence electrons. The molecule has 0 aromatic carbocycles. The molecule has 0 fully saturated rings. The SMILES string of the molecule is CCCc1coc2cnc(N)nc12. The fraction of sp³-hybridized carbons (Fsp3) is 0.333. The number of aryl methyl sites for hydroxylation is 1. The number of nitrogen functional groups attached to an aromatic ring is 1. The summed E-state index contributed by atoms with van der Waals surface area (Å²) in [5, 5.41) is 0. The number of nitrogens with zero attached hydrogens (tertiary/aromatic N) is 2. The van der Waals surface area contributed by atoms with Gasteiger partial charge in [-0.3, -0.25) is 0 Å². The minimum absolute atomic E-state index is 0.297. The van der Waals surface area contributed by atoms with Crippen LogP contribution in [0.4, 0.5) is 5.95 Å². The summed E-state index contributed by atoms with van der Waals surface area (Å²) in [6, 6.07) is 0. The molecule has 2 aromatic rings. The molecule has 0 spiro atoms. The Labute approximate surface area is 75.8 Å². The van der Waals surface area contributed by atoms with E-state index in [1.807, 2.05) is 0 Å². The van der Waals surface area contributed by atoms with Gasteiger partial charge in [-0.05, 0) is 6.42 Å². The molecule has 0 aliphatic carbocycles. The minimum Gasteiger partial charge on any atom is -0.461 e. The van der Waals surface area contributed by atoms with E-state index in [-0.39, 0.29) is 0 Å². The summed E-state index contributed by atoms with van der Waals surface area (Å²) >= 11 is 0. The first-order valence-electron chi connectivity index (χ1n) is 4.30. The molecule has 2 rings (SSSR count). The number of hydrogen-bond donors (Lipinski definition) is 1. The second-order valence-electron chi connectivity index (χ2n) is 2.95. The summed E-state index contributed by atoms with van der Waals surface area (Å²) in [5.74, 6) is 0.297. The van der Waals surface area contributed by atoms with Crippen molar-refractivity contribution in [3.63, 3.8) is 0 Å². The summed E-state index contributed by atoms with van der Waals surface area (Å²) in [4.78, 5) is 7.98. The van der Waals surface area contributed by atoms with Gasteiger partial charge in [0.15, 0.2) is 5.58 Å². The molecule has 0 saturated carbocycles. The first-order chi connectivity index (χ1) is 6.31. The molecule has 2 heterocycles. The van der Waals surface area contributed by atoms with Crippen LogP contribution in [0, 0.1) is 0 Å². The Kier molecular flexibility index (Phi) is 1.88. The maximum atomic E-state index is 5.48. The van der Waals surface area contributed by atoms with Crippen molar-refractivity contribution in [1.29, 1.82) is 0 Å². The highest BCUT2D eigenvalue weighted by atomic mass is 16.3. The van der Waals surface area contributed by atoms with Gasteiger partial charge in [-0.15, -0.1) is 0 Å². The topological polar surface area (TPSA) is 64.9 Å². The van der Waals surface area contributed by atoms with Gasteiger partial charge in [0.1, 0.15) is 5.52 Å². The average molecular weight is 177 g/mol. The largest absolute Gasteiger partial charge is 0.461 e. The van der Waals surface area contributed by atoms with E-state index < -0.39 is 0 Å². The van der Waals surface area contributed by atoms with Gasteiger partial charge >= 0.3 is 0 Å². The van der Waals surface area contributed by atoms with Crippen LogP contribution in [0.1, 0.15) is 18.9 Å². The summed E-state index contributed by atoms with van der Waals surface area (Å²) in [6.45, 7) is 2.11. The van der Waals surface area contributed by atoms with E-state index in [0.717, 1.165) is 23.9 Å². The highest BCUT2D eigenvalue weighted by Crippen LogP contribution is 2.19. The van der Waals surface area contributed by atoms with E-state index in [2.05, 4.69) is 16.9 Å². The van der Waals surface area contributed by atoms with Crippen molar-refractivity contribution < 1.29 is 4.42 Å². The summed E-state index contributed by atoms with van der Waals surface area (Å²) in [7, 11) is 0. The number of nitrogens with two attached hydrogens (primary N) is 1. The number of anilines is 1. The molecule has 2 aromatic heterocycles. The molecule has 0 atom stereocenters. The normalized spacial score (nSPS) is 10.8. The zero-order valence-corrected chi connectivity index (χ0v) is 7.45. The van der Waals surface area contributed by atoms with E-state index in [4.69, 9.17) is 10.2 Å². The predicted octanol–water partition coefficient (Wildman–Crippen LogP) is 1.76. The molecule has 0 amide bonds. The third-order valence-corrected chi connectivity index (χ3v) is 1.93. The fourth-order valence-electron chi connectivity index (χ4n) is 1.34. The Morgan fingerprint density at radius 3 is 3.15 bits per heavy atom. The first kappa shape index (κ1) is 8.04. The Bertz CT molecular complexity index is 422. The molecule has 0 unspecified atom stereocenters. The highest BCUT2D eigenvalue weighted by Gasteiger charge is 2.06. The number of aromatic nitrogens is 2. The van der Waals surface area contributed by atoms with E-state index in [1.54, 1.807) is 12.5 Å². The Hall–Kier alpha value is -1.58. The van der Waals surface area contributed by atoms with Crippen molar-refractivity contribution in [1.82, 2.24) is 9.97 Å². The molecule has 0 aliphatic heterocycles. The summed E-state index contributed by atoms with van der Waals surface area (Å²) in [6.07, 6.45) is 5.36. The fourth-order valence-corrected chi connectivity index (χ4v) is 1.34. The monoisotopic (exact) mass is 177 g/mol. The van der Waals surface area contributed by atoms with Crippen molar-refractivity contribution in [2.75, 3.05) is 5.73 Å². The Balaban J connectivity index is 2.58. The number of hydrogen-bond acceptors (Lipinski definition) is 4. The van der Waals surface area contributed by atoms with E-state index >= 15 is 0 Å². The predicted molar refractivity (Wildman–Crippen MR) is 50.2 cm³/mol. The van der Waals surface area contributed by atoms with Crippen LogP contribution >= 0.6 is 0 Å². The molecule has 4 nitrogen and oxygen atoms in total.